The van der Waals surface area contributed by atoms with Gasteiger partial charge in [0.2, 0.25) is 10.0 Å². The molecule has 0 aliphatic carbocycles. The Balaban J connectivity index is 1.25. The number of rotatable bonds is 6. The van der Waals surface area contributed by atoms with E-state index in [2.05, 4.69) is 22.8 Å². The maximum Gasteiger partial charge on any atom is 0.242 e. The lowest BCUT2D eigenvalue weighted by molar-refractivity contribution is 0.0254. The highest BCUT2D eigenvalue weighted by Gasteiger charge is 2.28. The first-order valence-corrected chi connectivity index (χ1v) is 14.0. The molecule has 1 saturated heterocycles. The molecule has 8 heteroatoms. The number of halogens is 1. The average Bonchev–Trinajstić information content (AvgIpc) is 2.87. The molecule has 192 valence electrons. The normalized spacial score (nSPS) is 21.2. The molecule has 0 saturated carbocycles. The summed E-state index contributed by atoms with van der Waals surface area (Å²) in [7, 11) is -0.333. The van der Waals surface area contributed by atoms with Crippen molar-refractivity contribution >= 4 is 26.5 Å². The zero-order chi connectivity index (χ0) is 25.4. The molecule has 0 bridgehead atoms. The fourth-order valence-corrected chi connectivity index (χ4v) is 6.42. The molecule has 3 aromatic rings. The van der Waals surface area contributed by atoms with Gasteiger partial charge in [0.05, 0.1) is 17.6 Å². The molecule has 2 aliphatic rings. The molecule has 5 rings (SSSR count). The average molecular weight is 512 g/mol. The Hall–Kier alpha value is -2.52. The number of fused-ring (bicyclic) bond motifs is 2. The molecule has 0 radical (unpaired) electrons. The van der Waals surface area contributed by atoms with Crippen molar-refractivity contribution in [2.24, 2.45) is 0 Å². The van der Waals surface area contributed by atoms with E-state index in [-0.39, 0.29) is 11.9 Å². The van der Waals surface area contributed by atoms with Crippen molar-refractivity contribution in [3.8, 4) is 0 Å². The predicted molar refractivity (Wildman–Crippen MR) is 141 cm³/mol. The van der Waals surface area contributed by atoms with E-state index in [4.69, 9.17) is 4.74 Å². The van der Waals surface area contributed by atoms with Crippen LogP contribution in [0.5, 0.6) is 0 Å². The number of benzene rings is 3. The minimum absolute atomic E-state index is 0.0250. The molecule has 0 amide bonds. The van der Waals surface area contributed by atoms with Crippen LogP contribution >= 0.6 is 0 Å². The van der Waals surface area contributed by atoms with Crippen LogP contribution in [0.1, 0.15) is 30.6 Å². The Morgan fingerprint density at radius 3 is 2.69 bits per heavy atom. The molecule has 2 atom stereocenters. The molecule has 0 aromatic heterocycles. The van der Waals surface area contributed by atoms with Crippen LogP contribution in [0.25, 0.3) is 10.8 Å². The van der Waals surface area contributed by atoms with Gasteiger partial charge >= 0.3 is 0 Å². The maximum absolute atomic E-state index is 13.7. The van der Waals surface area contributed by atoms with Crippen molar-refractivity contribution in [1.82, 2.24) is 9.21 Å². The van der Waals surface area contributed by atoms with Gasteiger partial charge in [-0.05, 0) is 72.7 Å². The first-order valence-electron chi connectivity index (χ1n) is 12.6. The second kappa shape index (κ2) is 10.1. The third kappa shape index (κ3) is 4.87. The highest BCUT2D eigenvalue weighted by Crippen LogP contribution is 2.33. The lowest BCUT2D eigenvalue weighted by Crippen LogP contribution is -2.52. The van der Waals surface area contributed by atoms with Crippen LogP contribution in [0.15, 0.2) is 59.5 Å². The van der Waals surface area contributed by atoms with Crippen LogP contribution in [-0.2, 0) is 21.2 Å². The summed E-state index contributed by atoms with van der Waals surface area (Å²) >= 11 is 0. The molecule has 1 fully saturated rings. The van der Waals surface area contributed by atoms with Gasteiger partial charge in [0, 0.05) is 57.4 Å². The largest absolute Gasteiger partial charge is 0.373 e. The monoisotopic (exact) mass is 511 g/mol. The Morgan fingerprint density at radius 2 is 1.92 bits per heavy atom. The van der Waals surface area contributed by atoms with E-state index >= 15 is 0 Å². The molecular formula is C28H34FN3O3S. The van der Waals surface area contributed by atoms with E-state index in [1.807, 2.05) is 30.3 Å². The zero-order valence-electron chi connectivity index (χ0n) is 21.2. The molecule has 36 heavy (non-hydrogen) atoms. The van der Waals surface area contributed by atoms with Gasteiger partial charge in [-0.2, -0.15) is 0 Å². The topological polar surface area (TPSA) is 53.1 Å². The van der Waals surface area contributed by atoms with E-state index < -0.39 is 10.0 Å². The lowest BCUT2D eigenvalue weighted by atomic mass is 9.95. The summed E-state index contributed by atoms with van der Waals surface area (Å²) in [5.74, 6) is -0.208. The van der Waals surface area contributed by atoms with Gasteiger partial charge in [-0.15, -0.1) is 0 Å². The highest BCUT2D eigenvalue weighted by atomic mass is 32.2. The Morgan fingerprint density at radius 1 is 1.08 bits per heavy atom. The molecule has 6 nitrogen and oxygen atoms in total. The van der Waals surface area contributed by atoms with Crippen molar-refractivity contribution in [1.29, 1.82) is 0 Å². The van der Waals surface area contributed by atoms with Crippen molar-refractivity contribution in [2.45, 2.75) is 36.8 Å². The second-order valence-electron chi connectivity index (χ2n) is 10.0. The highest BCUT2D eigenvalue weighted by molar-refractivity contribution is 7.89. The van der Waals surface area contributed by atoms with Crippen LogP contribution in [0.4, 0.5) is 10.1 Å². The van der Waals surface area contributed by atoms with Crippen molar-refractivity contribution < 1.29 is 17.5 Å². The number of sulfonamides is 1. The SMILES string of the molecule is C[C@@H]1CN(c2cccc3cc(F)ccc23)CCN1CC[C@@H]1OCCc2cc(S(=O)(=O)N(C)C)ccc21. The van der Waals surface area contributed by atoms with Crippen LogP contribution in [0.3, 0.4) is 0 Å². The zero-order valence-corrected chi connectivity index (χ0v) is 22.0. The first-order chi connectivity index (χ1) is 17.2. The number of hydrogen-bond acceptors (Lipinski definition) is 5. The third-order valence-electron chi connectivity index (χ3n) is 7.53. The van der Waals surface area contributed by atoms with E-state index in [9.17, 15) is 12.8 Å². The van der Waals surface area contributed by atoms with Gasteiger partial charge in [0.25, 0.3) is 0 Å². The fourth-order valence-electron chi connectivity index (χ4n) is 5.47. The van der Waals surface area contributed by atoms with E-state index in [1.54, 1.807) is 26.2 Å². The fraction of sp³-hybridized carbons (Fsp3) is 0.429. The minimum Gasteiger partial charge on any atom is -0.373 e. The standard InChI is InChI=1S/C28H34FN3O3S/c1-20-19-32(27-6-4-5-21-17-23(29)7-9-25(21)27)15-14-31(20)13-11-28-26-10-8-24(36(33,34)30(2)3)18-22(26)12-16-35-28/h4-10,17-18,20,28H,11-16,19H2,1-3H3/t20-,28+/m1/s1. The molecule has 0 spiro atoms. The van der Waals surface area contributed by atoms with Crippen LogP contribution in [0.2, 0.25) is 0 Å². The van der Waals surface area contributed by atoms with Gasteiger partial charge < -0.3 is 9.64 Å². The number of hydrogen-bond donors (Lipinski definition) is 0. The number of piperazine rings is 1. The van der Waals surface area contributed by atoms with Crippen molar-refractivity contribution in [3.05, 3.63) is 71.5 Å². The van der Waals surface area contributed by atoms with Crippen molar-refractivity contribution in [3.63, 3.8) is 0 Å². The van der Waals surface area contributed by atoms with Crippen LogP contribution in [0, 0.1) is 5.82 Å². The van der Waals surface area contributed by atoms with Gasteiger partial charge in [-0.1, -0.05) is 18.2 Å². The predicted octanol–water partition coefficient (Wildman–Crippen LogP) is 4.44. The van der Waals surface area contributed by atoms with E-state index in [0.717, 1.165) is 66.6 Å². The summed E-state index contributed by atoms with van der Waals surface area (Å²) in [6, 6.07) is 16.9. The molecule has 2 aliphatic heterocycles. The number of anilines is 1. The maximum atomic E-state index is 13.7. The number of ether oxygens (including phenoxy) is 1. The van der Waals surface area contributed by atoms with E-state index in [0.29, 0.717) is 17.5 Å². The quantitative estimate of drug-likeness (QED) is 0.490. The molecular weight excluding hydrogens is 477 g/mol. The summed E-state index contributed by atoms with van der Waals surface area (Å²) in [4.78, 5) is 5.25. The summed E-state index contributed by atoms with van der Waals surface area (Å²) in [5, 5.41) is 2.01. The second-order valence-corrected chi connectivity index (χ2v) is 12.2. The lowest BCUT2D eigenvalue weighted by Gasteiger charge is -2.42. The smallest absolute Gasteiger partial charge is 0.242 e. The van der Waals surface area contributed by atoms with Crippen LogP contribution in [-0.4, -0.2) is 70.5 Å². The molecule has 0 unspecified atom stereocenters. The minimum atomic E-state index is -3.45. The molecule has 2 heterocycles. The summed E-state index contributed by atoms with van der Waals surface area (Å²) in [6.07, 6.45) is 1.57. The Labute approximate surface area is 213 Å². The summed E-state index contributed by atoms with van der Waals surface area (Å²) < 4.78 is 46.2. The summed E-state index contributed by atoms with van der Waals surface area (Å²) in [6.45, 7) is 6.54. The summed E-state index contributed by atoms with van der Waals surface area (Å²) in [5.41, 5.74) is 3.33. The van der Waals surface area contributed by atoms with E-state index in [1.165, 1.54) is 10.4 Å². The number of nitrogens with zero attached hydrogens (tertiary/aromatic N) is 3. The third-order valence-corrected chi connectivity index (χ3v) is 9.35. The van der Waals surface area contributed by atoms with Gasteiger partial charge in [0.1, 0.15) is 5.82 Å². The Kier molecular flexibility index (Phi) is 7.05. The van der Waals surface area contributed by atoms with Crippen molar-refractivity contribution in [2.75, 3.05) is 51.8 Å². The van der Waals surface area contributed by atoms with Crippen LogP contribution < -0.4 is 4.90 Å². The van der Waals surface area contributed by atoms with Gasteiger partial charge in [-0.3, -0.25) is 4.90 Å². The van der Waals surface area contributed by atoms with Gasteiger partial charge in [0.15, 0.2) is 0 Å². The molecule has 3 aromatic carbocycles. The Bertz CT molecular complexity index is 1360. The van der Waals surface area contributed by atoms with Gasteiger partial charge in [-0.25, -0.2) is 17.1 Å². The molecule has 0 N–H and O–H groups in total. The first kappa shape index (κ1) is 25.1.